The third kappa shape index (κ3) is 9.35. The van der Waals surface area contributed by atoms with Gasteiger partial charge in [-0.2, -0.15) is 0 Å². The number of carbonyl (C=O) groups excluding carboxylic acids is 1. The van der Waals surface area contributed by atoms with E-state index in [1.54, 1.807) is 33.8 Å². The Balaban J connectivity index is 2.14. The molecule has 0 aliphatic carbocycles. The molecule has 14 atom stereocenters. The van der Waals surface area contributed by atoms with E-state index in [0.717, 1.165) is 11.3 Å². The Bertz CT molecular complexity index is 1280. The fourth-order valence-electron chi connectivity index (χ4n) is 7.91. The lowest BCUT2D eigenvalue weighted by molar-refractivity contribution is -0.275. The molecule has 2 aliphatic heterocycles. The average Bonchev–Trinajstić information content (AvgIpc) is 3.40. The first kappa shape index (κ1) is 42.0. The molecule has 49 heavy (non-hydrogen) atoms. The molecular weight excluding hydrogens is 676 g/mol. The first-order valence-corrected chi connectivity index (χ1v) is 18.5. The number of carbonyl (C=O) groups is 2. The number of likely N-dealkylation sites (N-methyl/N-ethyl adjacent to an activating group) is 2. The fraction of sp³-hybridized carbons (Fsp3) is 0.829. The standard InChI is InChI=1S/C35H59ClN2O10S/c1-12-24-35(8,45)29(40)21(6)38(11)16-17(2)15-34(7,44)30(19(4)27(39)20(5)32(43)47-24)48-33-26(23(37(9)10)13-18(3)46-33)22-14-25(36)49-28(22)31(41)42/h14,17-21,23-24,26-27,29-30,33,39-40,44-45H,12-13,15-16H2,1-11H3,(H,41,42)/t17-,18-,19+,20-,21-,23+,24-,26-,27+,29-,30-,33+,34-,35-/m1/s1. The van der Waals surface area contributed by atoms with Crippen LogP contribution in [-0.4, -0.2) is 135 Å². The summed E-state index contributed by atoms with van der Waals surface area (Å²) in [5, 5.41) is 56.9. The molecule has 14 heteroatoms. The van der Waals surface area contributed by atoms with Crippen molar-refractivity contribution in [3.05, 3.63) is 20.8 Å². The van der Waals surface area contributed by atoms with Crippen LogP contribution in [0, 0.1) is 17.8 Å². The number of hydrogen-bond acceptors (Lipinski definition) is 12. The van der Waals surface area contributed by atoms with Gasteiger partial charge in [0.05, 0.1) is 40.1 Å². The van der Waals surface area contributed by atoms with Gasteiger partial charge in [-0.1, -0.05) is 32.4 Å². The number of carboxylic acids is 1. The number of carboxylic acid groups (broad SMARTS) is 1. The van der Waals surface area contributed by atoms with Crippen LogP contribution < -0.4 is 0 Å². The lowest BCUT2D eigenvalue weighted by Crippen LogP contribution is -2.59. The second-order valence-corrected chi connectivity index (χ2v) is 17.0. The van der Waals surface area contributed by atoms with Crippen molar-refractivity contribution in [3.63, 3.8) is 0 Å². The zero-order valence-corrected chi connectivity index (χ0v) is 32.4. The number of aromatic carboxylic acids is 1. The molecule has 3 heterocycles. The summed E-state index contributed by atoms with van der Waals surface area (Å²) in [5.41, 5.74) is -2.92. The first-order valence-electron chi connectivity index (χ1n) is 17.3. The quantitative estimate of drug-likeness (QED) is 0.269. The number of hydrogen-bond donors (Lipinski definition) is 5. The van der Waals surface area contributed by atoms with E-state index in [9.17, 15) is 35.1 Å². The number of aliphatic hydroxyl groups is 4. The molecule has 282 valence electrons. The van der Waals surface area contributed by atoms with Gasteiger partial charge in [0.15, 0.2) is 6.29 Å². The highest BCUT2D eigenvalue weighted by molar-refractivity contribution is 7.18. The molecule has 2 saturated heterocycles. The highest BCUT2D eigenvalue weighted by Gasteiger charge is 2.51. The van der Waals surface area contributed by atoms with Gasteiger partial charge in [0.25, 0.3) is 0 Å². The largest absolute Gasteiger partial charge is 0.477 e. The lowest BCUT2D eigenvalue weighted by Gasteiger charge is -2.48. The summed E-state index contributed by atoms with van der Waals surface area (Å²) in [5.74, 6) is -4.65. The van der Waals surface area contributed by atoms with Crippen LogP contribution in [0.5, 0.6) is 0 Å². The highest BCUT2D eigenvalue weighted by Crippen LogP contribution is 2.44. The van der Waals surface area contributed by atoms with E-state index in [0.29, 0.717) is 22.9 Å². The van der Waals surface area contributed by atoms with Crippen LogP contribution in [0.4, 0.5) is 0 Å². The number of esters is 1. The normalized spacial score (nSPS) is 42.3. The van der Waals surface area contributed by atoms with Crippen LogP contribution in [-0.2, 0) is 19.0 Å². The van der Waals surface area contributed by atoms with Gasteiger partial charge in [-0.25, -0.2) is 4.79 Å². The van der Waals surface area contributed by atoms with Gasteiger partial charge in [-0.3, -0.25) is 4.79 Å². The topological polar surface area (TPSA) is 169 Å². The summed E-state index contributed by atoms with van der Waals surface area (Å²) < 4.78 is 19.3. The predicted octanol–water partition coefficient (Wildman–Crippen LogP) is 3.81. The number of cyclic esters (lactones) is 1. The minimum Gasteiger partial charge on any atom is -0.477 e. The predicted molar refractivity (Wildman–Crippen MR) is 188 cm³/mol. The maximum Gasteiger partial charge on any atom is 0.346 e. The zero-order chi connectivity index (χ0) is 37.3. The maximum absolute atomic E-state index is 13.5. The Labute approximate surface area is 300 Å². The summed E-state index contributed by atoms with van der Waals surface area (Å²) in [7, 11) is 5.62. The molecule has 5 N–H and O–H groups in total. The monoisotopic (exact) mass is 734 g/mol. The molecule has 2 aliphatic rings. The maximum atomic E-state index is 13.5. The molecule has 0 aromatic carbocycles. The zero-order valence-electron chi connectivity index (χ0n) is 30.8. The lowest BCUT2D eigenvalue weighted by atomic mass is 9.77. The van der Waals surface area contributed by atoms with Crippen LogP contribution in [0.15, 0.2) is 6.07 Å². The van der Waals surface area contributed by atoms with Crippen molar-refractivity contribution in [1.82, 2.24) is 9.80 Å². The molecule has 1 aromatic rings. The number of aliphatic hydroxyl groups excluding tert-OH is 2. The second-order valence-electron chi connectivity index (χ2n) is 15.3. The molecule has 0 bridgehead atoms. The van der Waals surface area contributed by atoms with Gasteiger partial charge in [-0.05, 0) is 92.6 Å². The fourth-order valence-corrected chi connectivity index (χ4v) is 9.04. The molecule has 2 fully saturated rings. The van der Waals surface area contributed by atoms with Crippen LogP contribution in [0.2, 0.25) is 4.34 Å². The minimum absolute atomic E-state index is 0.0706. The van der Waals surface area contributed by atoms with Crippen molar-refractivity contribution in [2.45, 2.75) is 141 Å². The van der Waals surface area contributed by atoms with E-state index in [1.807, 2.05) is 44.8 Å². The SMILES string of the molecule is CC[C@H]1OC(=O)[C@H](C)[C@@H](O)[C@H](C)[C@@H](O[C@@H]2O[C@H](C)C[C@H](N(C)C)[C@H]2c2cc(Cl)sc2C(=O)O)[C@](C)(O)C[C@@H](C)CN(C)[C@H](C)[C@@H](O)[C@]1(C)O. The summed E-state index contributed by atoms with van der Waals surface area (Å²) in [6, 6.07) is 0.860. The van der Waals surface area contributed by atoms with E-state index >= 15 is 0 Å². The number of nitrogens with zero attached hydrogens (tertiary/aromatic N) is 2. The number of thiophene rings is 1. The molecule has 0 spiro atoms. The molecule has 3 rings (SSSR count). The summed E-state index contributed by atoms with van der Waals surface area (Å²) in [4.78, 5) is 29.9. The van der Waals surface area contributed by atoms with Gasteiger partial charge >= 0.3 is 11.9 Å². The minimum atomic E-state index is -1.79. The van der Waals surface area contributed by atoms with E-state index in [2.05, 4.69) is 0 Å². The van der Waals surface area contributed by atoms with Gasteiger partial charge in [0.2, 0.25) is 0 Å². The average molecular weight is 735 g/mol. The third-order valence-electron chi connectivity index (χ3n) is 10.8. The summed E-state index contributed by atoms with van der Waals surface area (Å²) >= 11 is 7.33. The van der Waals surface area contributed by atoms with E-state index in [1.165, 1.54) is 13.8 Å². The molecule has 0 unspecified atom stereocenters. The Kier molecular flexibility index (Phi) is 14.2. The molecule has 0 radical (unpaired) electrons. The smallest absolute Gasteiger partial charge is 0.346 e. The molecule has 0 amide bonds. The third-order valence-corrected chi connectivity index (χ3v) is 12.1. The van der Waals surface area contributed by atoms with Crippen LogP contribution in [0.1, 0.15) is 95.8 Å². The number of halogens is 1. The first-order chi connectivity index (χ1) is 22.5. The molecular formula is C35H59ClN2O10S. The van der Waals surface area contributed by atoms with E-state index in [4.69, 9.17) is 25.8 Å². The van der Waals surface area contributed by atoms with Crippen molar-refractivity contribution in [1.29, 1.82) is 0 Å². The number of ether oxygens (including phenoxy) is 3. The second kappa shape index (κ2) is 16.5. The van der Waals surface area contributed by atoms with Crippen molar-refractivity contribution in [3.8, 4) is 0 Å². The van der Waals surface area contributed by atoms with Crippen molar-refractivity contribution >= 4 is 34.9 Å². The van der Waals surface area contributed by atoms with Crippen molar-refractivity contribution < 1.29 is 49.3 Å². The van der Waals surface area contributed by atoms with Crippen LogP contribution in [0.3, 0.4) is 0 Å². The number of rotatable bonds is 6. The van der Waals surface area contributed by atoms with Gasteiger partial charge in [0.1, 0.15) is 22.7 Å². The van der Waals surface area contributed by atoms with Gasteiger partial charge in [0, 0.05) is 24.5 Å². The molecule has 12 nitrogen and oxygen atoms in total. The Morgan fingerprint density at radius 1 is 1.16 bits per heavy atom. The molecule has 0 saturated carbocycles. The Morgan fingerprint density at radius 2 is 1.78 bits per heavy atom. The van der Waals surface area contributed by atoms with E-state index < -0.39 is 77.6 Å². The molecule has 1 aromatic heterocycles. The summed E-state index contributed by atoms with van der Waals surface area (Å²) in [6.07, 6.45) is -5.17. The van der Waals surface area contributed by atoms with E-state index in [-0.39, 0.29) is 35.8 Å². The Hall–Kier alpha value is -1.39. The summed E-state index contributed by atoms with van der Waals surface area (Å²) in [6.45, 7) is 14.1. The van der Waals surface area contributed by atoms with Gasteiger partial charge < -0.3 is 49.5 Å². The van der Waals surface area contributed by atoms with Crippen LogP contribution >= 0.6 is 22.9 Å². The Morgan fingerprint density at radius 3 is 2.33 bits per heavy atom. The van der Waals surface area contributed by atoms with Crippen molar-refractivity contribution in [2.24, 2.45) is 17.8 Å². The van der Waals surface area contributed by atoms with Crippen LogP contribution in [0.25, 0.3) is 0 Å². The highest BCUT2D eigenvalue weighted by atomic mass is 35.5. The van der Waals surface area contributed by atoms with Crippen molar-refractivity contribution in [2.75, 3.05) is 27.7 Å². The van der Waals surface area contributed by atoms with Gasteiger partial charge in [-0.15, -0.1) is 11.3 Å².